The van der Waals surface area contributed by atoms with Crippen LogP contribution in [0.4, 0.5) is 0 Å². The lowest BCUT2D eigenvalue weighted by Gasteiger charge is -2.25. The van der Waals surface area contributed by atoms with Crippen molar-refractivity contribution < 1.29 is 0 Å². The van der Waals surface area contributed by atoms with Crippen LogP contribution in [0.25, 0.3) is 5.57 Å². The third kappa shape index (κ3) is 2.71. The first-order valence-electron chi connectivity index (χ1n) is 6.66. The fraction of sp³-hybridized carbons (Fsp3) is 0.353. The van der Waals surface area contributed by atoms with Crippen molar-refractivity contribution in [2.24, 2.45) is 5.41 Å². The van der Waals surface area contributed by atoms with Gasteiger partial charge in [0.15, 0.2) is 0 Å². The van der Waals surface area contributed by atoms with Crippen LogP contribution in [0.5, 0.6) is 0 Å². The van der Waals surface area contributed by atoms with E-state index < -0.39 is 0 Å². The molecule has 0 amide bonds. The van der Waals surface area contributed by atoms with Gasteiger partial charge in [-0.3, -0.25) is 0 Å². The smallest absolute Gasteiger partial charge is 0.0791 e. The summed E-state index contributed by atoms with van der Waals surface area (Å²) in [5.74, 6) is 0. The topological polar surface area (TPSA) is 23.8 Å². The fourth-order valence-corrected chi connectivity index (χ4v) is 2.34. The van der Waals surface area contributed by atoms with Crippen LogP contribution < -0.4 is 0 Å². The van der Waals surface area contributed by atoms with Gasteiger partial charge in [0.05, 0.1) is 11.5 Å². The Morgan fingerprint density at radius 2 is 2.06 bits per heavy atom. The van der Waals surface area contributed by atoms with E-state index in [0.29, 0.717) is 0 Å². The standard InChI is InChI=1S/C17H19N/c1-2-3-11-17(14-18)12-9-16(10-13-17)15-7-5-4-6-8-15/h4-10,12H,2-3,11,13H2,1H3. The Morgan fingerprint density at radius 3 is 2.61 bits per heavy atom. The van der Waals surface area contributed by atoms with E-state index in [1.807, 2.05) is 18.2 Å². The number of allylic oxidation sites excluding steroid dienone is 4. The Kier molecular flexibility index (Phi) is 3.99. The Morgan fingerprint density at radius 1 is 1.28 bits per heavy atom. The van der Waals surface area contributed by atoms with Crippen molar-refractivity contribution in [2.45, 2.75) is 32.6 Å². The highest BCUT2D eigenvalue weighted by Crippen LogP contribution is 2.36. The molecule has 2 rings (SSSR count). The average molecular weight is 237 g/mol. The Hall–Kier alpha value is -1.81. The van der Waals surface area contributed by atoms with Crippen LogP contribution in [-0.2, 0) is 0 Å². The molecule has 0 fully saturated rings. The van der Waals surface area contributed by atoms with Crippen LogP contribution >= 0.6 is 0 Å². The number of nitriles is 1. The number of hydrogen-bond acceptors (Lipinski definition) is 1. The molecule has 1 unspecified atom stereocenters. The lowest BCUT2D eigenvalue weighted by Crippen LogP contribution is -2.16. The summed E-state index contributed by atoms with van der Waals surface area (Å²) in [6.45, 7) is 2.17. The zero-order chi connectivity index (χ0) is 12.8. The monoisotopic (exact) mass is 237 g/mol. The van der Waals surface area contributed by atoms with Crippen molar-refractivity contribution >= 4 is 5.57 Å². The van der Waals surface area contributed by atoms with Gasteiger partial charge in [-0.05, 0) is 24.0 Å². The summed E-state index contributed by atoms with van der Waals surface area (Å²) in [6, 6.07) is 12.8. The van der Waals surface area contributed by atoms with Crippen LogP contribution in [0.3, 0.4) is 0 Å². The first-order chi connectivity index (χ1) is 8.79. The molecular formula is C17H19N. The maximum atomic E-state index is 9.39. The third-order valence-corrected chi connectivity index (χ3v) is 3.57. The summed E-state index contributed by atoms with van der Waals surface area (Å²) in [4.78, 5) is 0. The molecule has 0 N–H and O–H groups in total. The first kappa shape index (κ1) is 12.6. The van der Waals surface area contributed by atoms with Gasteiger partial charge in [0.1, 0.15) is 0 Å². The molecule has 1 aliphatic carbocycles. The Balaban J connectivity index is 2.13. The van der Waals surface area contributed by atoms with Crippen LogP contribution in [0.15, 0.2) is 48.6 Å². The van der Waals surface area contributed by atoms with Gasteiger partial charge in [0.25, 0.3) is 0 Å². The molecule has 1 aliphatic rings. The van der Waals surface area contributed by atoms with Gasteiger partial charge < -0.3 is 0 Å². The summed E-state index contributed by atoms with van der Waals surface area (Å²) in [5.41, 5.74) is 2.20. The minimum atomic E-state index is -0.270. The molecule has 92 valence electrons. The molecule has 0 aliphatic heterocycles. The quantitative estimate of drug-likeness (QED) is 0.742. The SMILES string of the molecule is CCCCC1(C#N)C=CC(c2ccccc2)=CC1. The number of hydrogen-bond donors (Lipinski definition) is 0. The predicted molar refractivity (Wildman–Crippen MR) is 75.7 cm³/mol. The molecule has 0 saturated heterocycles. The molecule has 0 saturated carbocycles. The second-order valence-electron chi connectivity index (χ2n) is 4.93. The van der Waals surface area contributed by atoms with Crippen molar-refractivity contribution in [1.82, 2.24) is 0 Å². The summed E-state index contributed by atoms with van der Waals surface area (Å²) in [5, 5.41) is 9.39. The van der Waals surface area contributed by atoms with Crippen molar-refractivity contribution in [2.75, 3.05) is 0 Å². The minimum absolute atomic E-state index is 0.270. The van der Waals surface area contributed by atoms with Gasteiger partial charge in [-0.25, -0.2) is 0 Å². The third-order valence-electron chi connectivity index (χ3n) is 3.57. The molecule has 1 atom stereocenters. The number of unbranched alkanes of at least 4 members (excludes halogenated alkanes) is 1. The Labute approximate surface area is 109 Å². The van der Waals surface area contributed by atoms with Gasteiger partial charge in [-0.1, -0.05) is 68.3 Å². The molecule has 0 heterocycles. The van der Waals surface area contributed by atoms with Crippen molar-refractivity contribution in [3.05, 3.63) is 54.1 Å². The van der Waals surface area contributed by atoms with E-state index in [1.165, 1.54) is 11.1 Å². The van der Waals surface area contributed by atoms with Gasteiger partial charge in [-0.15, -0.1) is 0 Å². The lowest BCUT2D eigenvalue weighted by molar-refractivity contribution is 0.446. The largest absolute Gasteiger partial charge is 0.197 e. The van der Waals surface area contributed by atoms with E-state index in [9.17, 15) is 5.26 Å². The number of rotatable bonds is 4. The van der Waals surface area contributed by atoms with Crippen molar-refractivity contribution in [3.63, 3.8) is 0 Å². The van der Waals surface area contributed by atoms with Gasteiger partial charge in [0, 0.05) is 0 Å². The van der Waals surface area contributed by atoms with E-state index in [1.54, 1.807) is 0 Å². The summed E-state index contributed by atoms with van der Waals surface area (Å²) in [7, 11) is 0. The van der Waals surface area contributed by atoms with E-state index in [4.69, 9.17) is 0 Å². The highest BCUT2D eigenvalue weighted by atomic mass is 14.4. The molecule has 1 heteroatoms. The molecule has 1 nitrogen and oxygen atoms in total. The minimum Gasteiger partial charge on any atom is -0.197 e. The van der Waals surface area contributed by atoms with Crippen LogP contribution in [0, 0.1) is 16.7 Å². The molecule has 1 aromatic rings. The highest BCUT2D eigenvalue weighted by molar-refractivity contribution is 5.75. The normalized spacial score (nSPS) is 22.3. The van der Waals surface area contributed by atoms with Crippen molar-refractivity contribution in [3.8, 4) is 6.07 Å². The lowest BCUT2D eigenvalue weighted by atomic mass is 9.77. The summed E-state index contributed by atoms with van der Waals surface area (Å²) < 4.78 is 0. The Bertz CT molecular complexity index is 490. The second kappa shape index (κ2) is 5.69. The molecule has 0 spiro atoms. The van der Waals surface area contributed by atoms with E-state index in [-0.39, 0.29) is 5.41 Å². The molecule has 0 bridgehead atoms. The molecular weight excluding hydrogens is 218 g/mol. The maximum Gasteiger partial charge on any atom is 0.0791 e. The predicted octanol–water partition coefficient (Wildman–Crippen LogP) is 4.73. The second-order valence-corrected chi connectivity index (χ2v) is 4.93. The molecule has 1 aromatic carbocycles. The zero-order valence-electron chi connectivity index (χ0n) is 10.9. The summed E-state index contributed by atoms with van der Waals surface area (Å²) in [6.07, 6.45) is 10.5. The molecule has 18 heavy (non-hydrogen) atoms. The molecule has 0 radical (unpaired) electrons. The summed E-state index contributed by atoms with van der Waals surface area (Å²) >= 11 is 0. The molecule has 0 aromatic heterocycles. The van der Waals surface area contributed by atoms with Crippen LogP contribution in [0.2, 0.25) is 0 Å². The van der Waals surface area contributed by atoms with Crippen molar-refractivity contribution in [1.29, 1.82) is 5.26 Å². The van der Waals surface area contributed by atoms with E-state index >= 15 is 0 Å². The highest BCUT2D eigenvalue weighted by Gasteiger charge is 2.27. The average Bonchev–Trinajstić information content (AvgIpc) is 2.47. The van der Waals surface area contributed by atoms with Gasteiger partial charge >= 0.3 is 0 Å². The zero-order valence-corrected chi connectivity index (χ0v) is 10.9. The number of benzene rings is 1. The van der Waals surface area contributed by atoms with E-state index in [2.05, 4.69) is 43.4 Å². The number of nitrogens with zero attached hydrogens (tertiary/aromatic N) is 1. The van der Waals surface area contributed by atoms with Crippen LogP contribution in [0.1, 0.15) is 38.2 Å². The van der Waals surface area contributed by atoms with E-state index in [0.717, 1.165) is 25.7 Å². The first-order valence-corrected chi connectivity index (χ1v) is 6.66. The van der Waals surface area contributed by atoms with Crippen LogP contribution in [-0.4, -0.2) is 0 Å². The fourth-order valence-electron chi connectivity index (χ4n) is 2.34. The maximum absolute atomic E-state index is 9.39. The van der Waals surface area contributed by atoms with Gasteiger partial charge in [-0.2, -0.15) is 5.26 Å². The van der Waals surface area contributed by atoms with Gasteiger partial charge in [0.2, 0.25) is 0 Å².